The number of nitrogens with zero attached hydrogens (tertiary/aromatic N) is 2. The van der Waals surface area contributed by atoms with Crippen LogP contribution in [0.4, 0.5) is 8.78 Å². The molecule has 2 aromatic heterocycles. The quantitative estimate of drug-likeness (QED) is 0.579. The normalized spacial score (nSPS) is 17.3. The zero-order chi connectivity index (χ0) is 22.5. The van der Waals surface area contributed by atoms with Crippen LogP contribution in [0, 0.1) is 0 Å². The summed E-state index contributed by atoms with van der Waals surface area (Å²) in [4.78, 5) is 17.1. The van der Waals surface area contributed by atoms with Gasteiger partial charge >= 0.3 is 6.61 Å². The number of carbonyl (C=O) groups is 1. The van der Waals surface area contributed by atoms with E-state index in [1.807, 2.05) is 12.1 Å². The van der Waals surface area contributed by atoms with Crippen LogP contribution in [-0.4, -0.2) is 40.2 Å². The highest BCUT2D eigenvalue weighted by molar-refractivity contribution is 6.01. The van der Waals surface area contributed by atoms with Crippen LogP contribution in [0.2, 0.25) is 0 Å². The Morgan fingerprint density at radius 1 is 1.28 bits per heavy atom. The molecule has 168 valence electrons. The molecule has 0 spiro atoms. The first-order valence-corrected chi connectivity index (χ1v) is 10.6. The minimum atomic E-state index is -3.10. The van der Waals surface area contributed by atoms with Gasteiger partial charge in [0.05, 0.1) is 24.6 Å². The Labute approximate surface area is 183 Å². The lowest BCUT2D eigenvalue weighted by atomic mass is 9.75. The summed E-state index contributed by atoms with van der Waals surface area (Å²) in [5, 5.41) is 13.4. The summed E-state index contributed by atoms with van der Waals surface area (Å²) in [6.07, 6.45) is 7.52. The van der Waals surface area contributed by atoms with Gasteiger partial charge in [0.2, 0.25) is 0 Å². The minimum absolute atomic E-state index is 0.0461. The lowest BCUT2D eigenvalue weighted by Crippen LogP contribution is -2.33. The molecule has 3 aromatic rings. The van der Waals surface area contributed by atoms with Crippen molar-refractivity contribution in [2.75, 3.05) is 7.11 Å². The molecule has 2 fully saturated rings. The Morgan fingerprint density at radius 2 is 2.03 bits per heavy atom. The number of pyridine rings is 1. The van der Waals surface area contributed by atoms with Crippen molar-refractivity contribution in [3.8, 4) is 22.8 Å². The molecule has 5 rings (SSSR count). The summed E-state index contributed by atoms with van der Waals surface area (Å²) in [6.45, 7) is -3.10. The molecule has 0 atom stereocenters. The maximum Gasteiger partial charge on any atom is 0.387 e. The Hall–Kier alpha value is -3.20. The number of ether oxygens (including phenoxy) is 2. The summed E-state index contributed by atoms with van der Waals surface area (Å²) < 4.78 is 38.2. The number of nitrogens with one attached hydrogen (secondary N) is 1. The molecule has 0 radical (unpaired) electrons. The van der Waals surface area contributed by atoms with Crippen molar-refractivity contribution in [2.24, 2.45) is 0 Å². The first-order valence-electron chi connectivity index (χ1n) is 10.6. The van der Waals surface area contributed by atoms with Gasteiger partial charge < -0.3 is 19.9 Å². The summed E-state index contributed by atoms with van der Waals surface area (Å²) in [7, 11) is 1.37. The second-order valence-electron chi connectivity index (χ2n) is 8.35. The van der Waals surface area contributed by atoms with Crippen LogP contribution < -0.4 is 14.8 Å². The van der Waals surface area contributed by atoms with E-state index < -0.39 is 18.1 Å². The predicted molar refractivity (Wildman–Crippen MR) is 112 cm³/mol. The largest absolute Gasteiger partial charge is 0.496 e. The second kappa shape index (κ2) is 7.74. The highest BCUT2D eigenvalue weighted by atomic mass is 19.3. The van der Waals surface area contributed by atoms with Crippen LogP contribution in [0.3, 0.4) is 0 Å². The van der Waals surface area contributed by atoms with Crippen molar-refractivity contribution in [3.63, 3.8) is 0 Å². The highest BCUT2D eigenvalue weighted by Gasteiger charge is 2.36. The molecule has 2 heterocycles. The average molecular weight is 443 g/mol. The van der Waals surface area contributed by atoms with Gasteiger partial charge in [-0.3, -0.25) is 9.20 Å². The fourth-order valence-electron chi connectivity index (χ4n) is 4.08. The van der Waals surface area contributed by atoms with Gasteiger partial charge in [-0.25, -0.2) is 4.98 Å². The van der Waals surface area contributed by atoms with Crippen LogP contribution in [0.5, 0.6) is 11.5 Å². The highest BCUT2D eigenvalue weighted by Crippen LogP contribution is 2.42. The first-order chi connectivity index (χ1) is 15.4. The maximum absolute atomic E-state index is 13.2. The third-order valence-corrected chi connectivity index (χ3v) is 6.17. The van der Waals surface area contributed by atoms with Crippen molar-refractivity contribution < 1.29 is 28.2 Å². The molecule has 2 aliphatic carbocycles. The lowest BCUT2D eigenvalue weighted by Gasteiger charge is -2.37. The number of methoxy groups -OCH3 is 1. The summed E-state index contributed by atoms with van der Waals surface area (Å²) in [6, 6.07) is 6.71. The Balaban J connectivity index is 1.58. The average Bonchev–Trinajstić information content (AvgIpc) is 3.45. The number of hydrogen-bond acceptors (Lipinski definition) is 5. The number of aromatic nitrogens is 2. The smallest absolute Gasteiger partial charge is 0.387 e. The molecule has 0 aliphatic heterocycles. The number of imidazole rings is 1. The Kier molecular flexibility index (Phi) is 5.00. The Bertz CT molecular complexity index is 1190. The maximum atomic E-state index is 13.2. The molecular weight excluding hydrogens is 420 g/mol. The van der Waals surface area contributed by atoms with E-state index in [-0.39, 0.29) is 23.1 Å². The number of aliphatic hydroxyl groups is 1. The number of hydrogen-bond donors (Lipinski definition) is 2. The third kappa shape index (κ3) is 3.66. The third-order valence-electron chi connectivity index (χ3n) is 6.17. The fourth-order valence-corrected chi connectivity index (χ4v) is 4.08. The van der Waals surface area contributed by atoms with Gasteiger partial charge in [-0.15, -0.1) is 0 Å². The first kappa shape index (κ1) is 20.7. The number of rotatable bonds is 7. The van der Waals surface area contributed by atoms with Crippen molar-refractivity contribution in [2.45, 2.75) is 50.4 Å². The number of halogens is 2. The predicted octanol–water partition coefficient (Wildman–Crippen LogP) is 3.88. The number of fused-ring (bicyclic) bond motifs is 1. The topological polar surface area (TPSA) is 85.1 Å². The van der Waals surface area contributed by atoms with E-state index in [2.05, 4.69) is 10.3 Å². The standard InChI is InChI=1S/C23H23F2N3O4/c1-31-17-9-13(10-18(32-22(24)25)20(17)21(29)27-15-3-4-15)16-12-26-19-11-14(5-8-28(16)19)23(30)6-2-7-23/h5,8-12,15,22,30H,2-4,6-7H2,1H3,(H,27,29). The van der Waals surface area contributed by atoms with E-state index in [9.17, 15) is 18.7 Å². The van der Waals surface area contributed by atoms with E-state index in [1.54, 1.807) is 22.9 Å². The summed E-state index contributed by atoms with van der Waals surface area (Å²) in [5.74, 6) is -0.641. The van der Waals surface area contributed by atoms with E-state index in [0.29, 0.717) is 29.7 Å². The fraction of sp³-hybridized carbons (Fsp3) is 0.391. The number of amides is 1. The van der Waals surface area contributed by atoms with Gasteiger partial charge in [0.25, 0.3) is 5.91 Å². The van der Waals surface area contributed by atoms with Crippen molar-refractivity contribution >= 4 is 11.6 Å². The number of alkyl halides is 2. The van der Waals surface area contributed by atoms with Gasteiger partial charge in [-0.2, -0.15) is 8.78 Å². The zero-order valence-corrected chi connectivity index (χ0v) is 17.5. The van der Waals surface area contributed by atoms with Gasteiger partial charge in [-0.05, 0) is 61.9 Å². The molecule has 2 aliphatic rings. The zero-order valence-electron chi connectivity index (χ0n) is 17.5. The van der Waals surface area contributed by atoms with Crippen LogP contribution in [0.1, 0.15) is 48.0 Å². The summed E-state index contributed by atoms with van der Waals surface area (Å²) >= 11 is 0. The van der Waals surface area contributed by atoms with Crippen molar-refractivity contribution in [3.05, 3.63) is 47.8 Å². The van der Waals surface area contributed by atoms with Crippen molar-refractivity contribution in [1.29, 1.82) is 0 Å². The molecule has 0 unspecified atom stereocenters. The molecule has 2 saturated carbocycles. The second-order valence-corrected chi connectivity index (χ2v) is 8.35. The molecule has 0 saturated heterocycles. The molecule has 32 heavy (non-hydrogen) atoms. The monoisotopic (exact) mass is 443 g/mol. The van der Waals surface area contributed by atoms with Gasteiger partial charge in [0.1, 0.15) is 22.7 Å². The molecular formula is C23H23F2N3O4. The molecule has 0 bridgehead atoms. The SMILES string of the molecule is COc1cc(-c2cnc3cc(C4(O)CCC4)ccn23)cc(OC(F)F)c1C(=O)NC1CC1. The molecule has 7 nitrogen and oxygen atoms in total. The Morgan fingerprint density at radius 3 is 2.66 bits per heavy atom. The van der Waals surface area contributed by atoms with Crippen LogP contribution in [0.25, 0.3) is 16.9 Å². The molecule has 9 heteroatoms. The minimum Gasteiger partial charge on any atom is -0.496 e. The van der Waals surface area contributed by atoms with Crippen LogP contribution in [-0.2, 0) is 5.60 Å². The van der Waals surface area contributed by atoms with E-state index in [1.165, 1.54) is 13.2 Å². The van der Waals surface area contributed by atoms with Crippen LogP contribution in [0.15, 0.2) is 36.7 Å². The van der Waals surface area contributed by atoms with Gasteiger partial charge in [0.15, 0.2) is 0 Å². The van der Waals surface area contributed by atoms with E-state index >= 15 is 0 Å². The van der Waals surface area contributed by atoms with E-state index in [4.69, 9.17) is 9.47 Å². The van der Waals surface area contributed by atoms with E-state index in [0.717, 1.165) is 24.8 Å². The van der Waals surface area contributed by atoms with Crippen LogP contribution >= 0.6 is 0 Å². The molecule has 1 amide bonds. The van der Waals surface area contributed by atoms with Crippen molar-refractivity contribution in [1.82, 2.24) is 14.7 Å². The summed E-state index contributed by atoms with van der Waals surface area (Å²) in [5.41, 5.74) is 1.66. The van der Waals surface area contributed by atoms with Gasteiger partial charge in [-0.1, -0.05) is 0 Å². The number of benzene rings is 1. The lowest BCUT2D eigenvalue weighted by molar-refractivity contribution is -0.0502. The molecule has 2 N–H and O–H groups in total. The number of carbonyl (C=O) groups excluding carboxylic acids is 1. The van der Waals surface area contributed by atoms with Gasteiger partial charge in [0, 0.05) is 17.8 Å². The molecule has 1 aromatic carbocycles.